The number of nitrogens with zero attached hydrogens (tertiary/aromatic N) is 6. The van der Waals surface area contributed by atoms with Crippen LogP contribution in [0.5, 0.6) is 0 Å². The molecule has 0 fully saturated rings. The molecule has 0 radical (unpaired) electrons. The SMILES string of the molecule is COCCN(CCN1C(=O)c2ccccc2C1=O)c1ccc(/N=N/c2c(Br)cc([N+](=O)[O-])cc2[N+](=O)[O-])c(C)c1. The van der Waals surface area contributed by atoms with E-state index >= 15 is 0 Å². The Kier molecular flexibility index (Phi) is 8.60. The van der Waals surface area contributed by atoms with E-state index in [1.54, 1.807) is 50.4 Å². The van der Waals surface area contributed by atoms with Gasteiger partial charge in [0.25, 0.3) is 17.5 Å². The van der Waals surface area contributed by atoms with Gasteiger partial charge in [0.1, 0.15) is 0 Å². The largest absolute Gasteiger partial charge is 0.383 e. The van der Waals surface area contributed by atoms with Gasteiger partial charge >= 0.3 is 5.69 Å². The molecule has 0 bridgehead atoms. The number of carbonyl (C=O) groups excluding carboxylic acids is 2. The zero-order valence-electron chi connectivity index (χ0n) is 21.4. The first-order chi connectivity index (χ1) is 19.1. The van der Waals surface area contributed by atoms with Gasteiger partial charge in [-0.1, -0.05) is 12.1 Å². The Bertz CT molecular complexity index is 1510. The van der Waals surface area contributed by atoms with E-state index in [1.165, 1.54) is 4.90 Å². The van der Waals surface area contributed by atoms with Gasteiger partial charge in [0.15, 0.2) is 5.69 Å². The van der Waals surface area contributed by atoms with E-state index in [2.05, 4.69) is 26.2 Å². The van der Waals surface area contributed by atoms with Crippen molar-refractivity contribution in [3.8, 4) is 0 Å². The van der Waals surface area contributed by atoms with E-state index < -0.39 is 21.2 Å². The van der Waals surface area contributed by atoms with Crippen LogP contribution in [0, 0.1) is 27.2 Å². The molecule has 0 unspecified atom stereocenters. The maximum atomic E-state index is 12.8. The van der Waals surface area contributed by atoms with Crippen LogP contribution in [0.3, 0.4) is 0 Å². The number of amides is 2. The first-order valence-corrected chi connectivity index (χ1v) is 12.8. The Balaban J connectivity index is 1.55. The number of azo groups is 1. The predicted molar refractivity (Wildman–Crippen MR) is 149 cm³/mol. The van der Waals surface area contributed by atoms with Crippen LogP contribution in [0.1, 0.15) is 26.3 Å². The van der Waals surface area contributed by atoms with Crippen LogP contribution in [0.2, 0.25) is 0 Å². The summed E-state index contributed by atoms with van der Waals surface area (Å²) in [6.45, 7) is 3.21. The normalized spacial score (nSPS) is 12.7. The summed E-state index contributed by atoms with van der Waals surface area (Å²) in [5.41, 5.74) is 1.53. The lowest BCUT2D eigenvalue weighted by Crippen LogP contribution is -2.39. The van der Waals surface area contributed by atoms with Crippen molar-refractivity contribution in [2.24, 2.45) is 10.2 Å². The van der Waals surface area contributed by atoms with E-state index in [0.717, 1.165) is 17.8 Å². The predicted octanol–water partition coefficient (Wildman–Crippen LogP) is 5.74. The van der Waals surface area contributed by atoms with Gasteiger partial charge in [0.05, 0.1) is 43.8 Å². The number of methoxy groups -OCH3 is 1. The highest BCUT2D eigenvalue weighted by Gasteiger charge is 2.35. The Morgan fingerprint density at radius 3 is 2.20 bits per heavy atom. The molecule has 13 nitrogen and oxygen atoms in total. The first-order valence-electron chi connectivity index (χ1n) is 12.0. The summed E-state index contributed by atoms with van der Waals surface area (Å²) in [7, 11) is 1.58. The van der Waals surface area contributed by atoms with Gasteiger partial charge in [-0.2, -0.15) is 0 Å². The molecular formula is C26H23BrN6O7. The summed E-state index contributed by atoms with van der Waals surface area (Å²) in [4.78, 5) is 49.8. The maximum absolute atomic E-state index is 12.8. The van der Waals surface area contributed by atoms with Crippen molar-refractivity contribution >= 4 is 56.2 Å². The third-order valence-electron chi connectivity index (χ3n) is 6.28. The molecule has 0 spiro atoms. The van der Waals surface area contributed by atoms with Crippen LogP contribution < -0.4 is 4.90 Å². The monoisotopic (exact) mass is 610 g/mol. The molecule has 206 valence electrons. The number of ether oxygens (including phenoxy) is 1. The summed E-state index contributed by atoms with van der Waals surface area (Å²) in [5, 5.41) is 30.7. The lowest BCUT2D eigenvalue weighted by atomic mass is 10.1. The lowest BCUT2D eigenvalue weighted by molar-refractivity contribution is -0.393. The zero-order chi connectivity index (χ0) is 29.0. The number of halogens is 1. The average molecular weight is 611 g/mol. The molecule has 1 aliphatic rings. The molecule has 0 N–H and O–H groups in total. The molecular weight excluding hydrogens is 588 g/mol. The second kappa shape index (κ2) is 12.1. The van der Waals surface area contributed by atoms with E-state index in [-0.39, 0.29) is 28.5 Å². The number of non-ortho nitro benzene ring substituents is 1. The minimum atomic E-state index is -0.760. The van der Waals surface area contributed by atoms with E-state index in [4.69, 9.17) is 4.74 Å². The molecule has 0 aliphatic carbocycles. The average Bonchev–Trinajstić information content (AvgIpc) is 3.17. The van der Waals surface area contributed by atoms with Gasteiger partial charge < -0.3 is 9.64 Å². The van der Waals surface area contributed by atoms with E-state index in [1.807, 2.05) is 11.0 Å². The third-order valence-corrected chi connectivity index (χ3v) is 6.88. The lowest BCUT2D eigenvalue weighted by Gasteiger charge is -2.27. The minimum Gasteiger partial charge on any atom is -0.383 e. The van der Waals surface area contributed by atoms with Crippen LogP contribution in [0.4, 0.5) is 28.4 Å². The van der Waals surface area contributed by atoms with Gasteiger partial charge in [-0.3, -0.25) is 34.7 Å². The smallest absolute Gasteiger partial charge is 0.304 e. The second-order valence-electron chi connectivity index (χ2n) is 8.77. The van der Waals surface area contributed by atoms with Crippen molar-refractivity contribution in [1.82, 2.24) is 4.90 Å². The van der Waals surface area contributed by atoms with Crippen molar-refractivity contribution in [3.63, 3.8) is 0 Å². The first kappa shape index (κ1) is 28.4. The van der Waals surface area contributed by atoms with Gasteiger partial charge in [-0.15, -0.1) is 10.2 Å². The Labute approximate surface area is 236 Å². The molecule has 40 heavy (non-hydrogen) atoms. The summed E-state index contributed by atoms with van der Waals surface area (Å²) in [6, 6.07) is 14.0. The fraction of sp³-hybridized carbons (Fsp3) is 0.231. The number of imide groups is 1. The standard InChI is InChI=1S/C26H23BrN6O7/c1-16-13-17(7-8-22(16)28-29-24-21(27)14-18(32(36)37)15-23(24)33(38)39)30(11-12-40-2)9-10-31-25(34)19-5-3-4-6-20(19)26(31)35/h3-8,13-15H,9-12H2,1-2H3/b29-28+. The molecule has 2 amide bonds. The number of benzene rings is 3. The molecule has 3 aromatic rings. The number of carbonyl (C=O) groups is 2. The van der Waals surface area contributed by atoms with Crippen molar-refractivity contribution in [2.75, 3.05) is 38.3 Å². The number of hydrogen-bond acceptors (Lipinski definition) is 10. The summed E-state index contributed by atoms with van der Waals surface area (Å²) >= 11 is 3.11. The second-order valence-corrected chi connectivity index (χ2v) is 9.62. The molecule has 0 aromatic heterocycles. The van der Waals surface area contributed by atoms with Gasteiger partial charge in [-0.05, 0) is 58.7 Å². The summed E-state index contributed by atoms with van der Waals surface area (Å²) < 4.78 is 5.30. The van der Waals surface area contributed by atoms with Gasteiger partial charge in [-0.25, -0.2) is 0 Å². The van der Waals surface area contributed by atoms with Gasteiger partial charge in [0, 0.05) is 38.5 Å². The maximum Gasteiger partial charge on any atom is 0.304 e. The zero-order valence-corrected chi connectivity index (χ0v) is 23.0. The highest BCUT2D eigenvalue weighted by atomic mass is 79.9. The minimum absolute atomic E-state index is 0.0605. The number of rotatable bonds is 11. The molecule has 3 aromatic carbocycles. The number of nitro benzene ring substituents is 2. The molecule has 0 atom stereocenters. The molecule has 0 saturated heterocycles. The molecule has 1 aliphatic heterocycles. The van der Waals surface area contributed by atoms with Crippen LogP contribution in [0.25, 0.3) is 0 Å². The van der Waals surface area contributed by atoms with Gasteiger partial charge in [0.2, 0.25) is 0 Å². The highest BCUT2D eigenvalue weighted by Crippen LogP contribution is 2.40. The summed E-state index contributed by atoms with van der Waals surface area (Å²) in [5.74, 6) is -0.656. The molecule has 1 heterocycles. The number of nitro groups is 2. The van der Waals surface area contributed by atoms with E-state index in [0.29, 0.717) is 42.1 Å². The molecule has 4 rings (SSSR count). The van der Waals surface area contributed by atoms with Crippen molar-refractivity contribution in [2.45, 2.75) is 6.92 Å². The fourth-order valence-corrected chi connectivity index (χ4v) is 4.72. The molecule has 0 saturated carbocycles. The third kappa shape index (κ3) is 5.87. The Morgan fingerprint density at radius 1 is 0.950 bits per heavy atom. The highest BCUT2D eigenvalue weighted by molar-refractivity contribution is 9.10. The quantitative estimate of drug-likeness (QED) is 0.115. The van der Waals surface area contributed by atoms with Crippen LogP contribution >= 0.6 is 15.9 Å². The number of anilines is 1. The topological polar surface area (TPSA) is 161 Å². The van der Waals surface area contributed by atoms with Crippen molar-refractivity contribution in [1.29, 1.82) is 0 Å². The number of hydrogen-bond donors (Lipinski definition) is 0. The van der Waals surface area contributed by atoms with Crippen LogP contribution in [-0.2, 0) is 4.74 Å². The van der Waals surface area contributed by atoms with Crippen molar-refractivity contribution in [3.05, 3.63) is 96.0 Å². The van der Waals surface area contributed by atoms with Crippen LogP contribution in [0.15, 0.2) is 69.3 Å². The number of fused-ring (bicyclic) bond motifs is 1. The summed E-state index contributed by atoms with van der Waals surface area (Å²) in [6.07, 6.45) is 0. The molecule has 14 heteroatoms. The van der Waals surface area contributed by atoms with E-state index in [9.17, 15) is 29.8 Å². The Hall–Kier alpha value is -4.56. The number of aryl methyl sites for hydroxylation is 1. The Morgan fingerprint density at radius 2 is 1.62 bits per heavy atom. The fourth-order valence-electron chi connectivity index (χ4n) is 4.20. The van der Waals surface area contributed by atoms with Crippen LogP contribution in [-0.4, -0.2) is 59.9 Å². The van der Waals surface area contributed by atoms with Crippen molar-refractivity contribution < 1.29 is 24.2 Å².